The number of hydrogen-bond donors (Lipinski definition) is 1. The second-order valence-electron chi connectivity index (χ2n) is 5.99. The average molecular weight is 260 g/mol. The highest BCUT2D eigenvalue weighted by atomic mass is 15.2. The van der Waals surface area contributed by atoms with Crippen LogP contribution >= 0.6 is 0 Å². The minimum absolute atomic E-state index is 0.670. The van der Waals surface area contributed by atoms with E-state index in [-0.39, 0.29) is 0 Å². The van der Waals surface area contributed by atoms with Gasteiger partial charge in [-0.1, -0.05) is 32.0 Å². The van der Waals surface area contributed by atoms with Crippen molar-refractivity contribution < 1.29 is 0 Å². The molecule has 2 heteroatoms. The number of nitrogens with one attached hydrogen (secondary N) is 1. The maximum Gasteiger partial charge on any atom is 0.0414 e. The van der Waals surface area contributed by atoms with E-state index in [1.54, 1.807) is 0 Å². The number of rotatable bonds is 5. The number of piperidine rings is 1. The lowest BCUT2D eigenvalue weighted by atomic mass is 9.93. The molecule has 2 rings (SSSR count). The number of hydrogen-bond acceptors (Lipinski definition) is 2. The van der Waals surface area contributed by atoms with Gasteiger partial charge in [0.25, 0.3) is 0 Å². The molecule has 2 nitrogen and oxygen atoms in total. The second-order valence-corrected chi connectivity index (χ2v) is 5.99. The molecule has 1 aromatic rings. The first-order valence-electron chi connectivity index (χ1n) is 7.77. The Balaban J connectivity index is 2.13. The van der Waals surface area contributed by atoms with Gasteiger partial charge in [-0.25, -0.2) is 0 Å². The molecule has 1 aromatic carbocycles. The molecule has 0 bridgehead atoms. The van der Waals surface area contributed by atoms with E-state index in [4.69, 9.17) is 0 Å². The molecule has 0 aliphatic carbocycles. The van der Waals surface area contributed by atoms with Gasteiger partial charge >= 0.3 is 0 Å². The highest BCUT2D eigenvalue weighted by Crippen LogP contribution is 2.29. The maximum absolute atomic E-state index is 3.53. The molecule has 0 aromatic heterocycles. The first kappa shape index (κ1) is 14.4. The number of anilines is 1. The Morgan fingerprint density at radius 2 is 2.00 bits per heavy atom. The largest absolute Gasteiger partial charge is 0.368 e. The van der Waals surface area contributed by atoms with Crippen molar-refractivity contribution in [2.75, 3.05) is 18.0 Å². The Kier molecular flexibility index (Phi) is 5.26. The van der Waals surface area contributed by atoms with Crippen molar-refractivity contribution in [2.45, 2.75) is 52.6 Å². The molecular weight excluding hydrogens is 232 g/mol. The average Bonchev–Trinajstić information content (AvgIpc) is 2.42. The summed E-state index contributed by atoms with van der Waals surface area (Å²) < 4.78 is 0. The lowest BCUT2D eigenvalue weighted by Crippen LogP contribution is -2.41. The molecule has 0 spiro atoms. The van der Waals surface area contributed by atoms with Crippen molar-refractivity contribution >= 4 is 5.69 Å². The van der Waals surface area contributed by atoms with Crippen molar-refractivity contribution in [3.8, 4) is 0 Å². The van der Waals surface area contributed by atoms with Crippen molar-refractivity contribution in [3.63, 3.8) is 0 Å². The van der Waals surface area contributed by atoms with E-state index in [0.29, 0.717) is 6.04 Å². The number of nitrogens with zero attached hydrogens (tertiary/aromatic N) is 1. The molecule has 1 saturated heterocycles. The molecule has 2 atom stereocenters. The third-order valence-corrected chi connectivity index (χ3v) is 4.16. The monoisotopic (exact) mass is 260 g/mol. The zero-order valence-corrected chi connectivity index (χ0v) is 12.7. The van der Waals surface area contributed by atoms with E-state index in [1.807, 2.05) is 0 Å². The Hall–Kier alpha value is -1.02. The van der Waals surface area contributed by atoms with Crippen LogP contribution in [0.3, 0.4) is 0 Å². The van der Waals surface area contributed by atoms with E-state index in [9.17, 15) is 0 Å². The molecule has 2 unspecified atom stereocenters. The second kappa shape index (κ2) is 6.95. The number of para-hydroxylation sites is 1. The summed E-state index contributed by atoms with van der Waals surface area (Å²) in [6.07, 6.45) is 3.88. The molecule has 0 saturated carbocycles. The van der Waals surface area contributed by atoms with Crippen molar-refractivity contribution in [2.24, 2.45) is 5.92 Å². The van der Waals surface area contributed by atoms with Gasteiger partial charge in [-0.2, -0.15) is 0 Å². The highest BCUT2D eigenvalue weighted by molar-refractivity contribution is 5.54. The quantitative estimate of drug-likeness (QED) is 0.810. The fourth-order valence-corrected chi connectivity index (χ4v) is 2.96. The first-order valence-corrected chi connectivity index (χ1v) is 7.77. The van der Waals surface area contributed by atoms with E-state index in [0.717, 1.165) is 19.0 Å². The summed E-state index contributed by atoms with van der Waals surface area (Å²) in [5, 5.41) is 3.53. The van der Waals surface area contributed by atoms with Gasteiger partial charge in [0.15, 0.2) is 0 Å². The van der Waals surface area contributed by atoms with Gasteiger partial charge in [0.05, 0.1) is 0 Å². The zero-order valence-electron chi connectivity index (χ0n) is 12.7. The van der Waals surface area contributed by atoms with Crippen LogP contribution in [0.25, 0.3) is 0 Å². The number of benzene rings is 1. The minimum atomic E-state index is 0.670. The summed E-state index contributed by atoms with van der Waals surface area (Å²) in [5.74, 6) is 0.813. The summed E-state index contributed by atoms with van der Waals surface area (Å²) in [6, 6.07) is 9.56. The van der Waals surface area contributed by atoms with E-state index in [1.165, 1.54) is 37.1 Å². The fraction of sp³-hybridized carbons (Fsp3) is 0.647. The van der Waals surface area contributed by atoms with Crippen LogP contribution in [-0.2, 0) is 6.54 Å². The molecule has 106 valence electrons. The Morgan fingerprint density at radius 1 is 1.21 bits per heavy atom. The molecule has 1 aliphatic rings. The maximum atomic E-state index is 3.53. The zero-order chi connectivity index (χ0) is 13.7. The van der Waals surface area contributed by atoms with Crippen LogP contribution in [0.5, 0.6) is 0 Å². The molecule has 1 fully saturated rings. The molecule has 1 N–H and O–H groups in total. The van der Waals surface area contributed by atoms with Crippen LogP contribution in [0.4, 0.5) is 5.69 Å². The molecular formula is C17H28N2. The highest BCUT2D eigenvalue weighted by Gasteiger charge is 2.24. The minimum Gasteiger partial charge on any atom is -0.368 e. The standard InChI is InChI=1S/C17H28N2/c1-4-11-18-12-16-7-5-6-8-17(16)19-13-14(2)9-10-15(19)3/h5-8,14-15,18H,4,9-13H2,1-3H3. The van der Waals surface area contributed by atoms with E-state index >= 15 is 0 Å². The Bertz CT molecular complexity index is 389. The Labute approximate surface area is 118 Å². The SMILES string of the molecule is CCCNCc1ccccc1N1CC(C)CCC1C. The molecule has 1 aliphatic heterocycles. The van der Waals surface area contributed by atoms with Crippen molar-refractivity contribution in [3.05, 3.63) is 29.8 Å². The summed E-state index contributed by atoms with van der Waals surface area (Å²) in [4.78, 5) is 2.61. The summed E-state index contributed by atoms with van der Waals surface area (Å²) >= 11 is 0. The van der Waals surface area contributed by atoms with Gasteiger partial charge in [0, 0.05) is 24.8 Å². The van der Waals surface area contributed by atoms with E-state index < -0.39 is 0 Å². The van der Waals surface area contributed by atoms with Crippen molar-refractivity contribution in [1.82, 2.24) is 5.32 Å². The van der Waals surface area contributed by atoms with E-state index in [2.05, 4.69) is 55.3 Å². The van der Waals surface area contributed by atoms with Gasteiger partial charge < -0.3 is 10.2 Å². The van der Waals surface area contributed by atoms with Gasteiger partial charge in [-0.05, 0) is 50.3 Å². The van der Waals surface area contributed by atoms with Gasteiger partial charge in [0.2, 0.25) is 0 Å². The fourth-order valence-electron chi connectivity index (χ4n) is 2.96. The lowest BCUT2D eigenvalue weighted by molar-refractivity contribution is 0.389. The summed E-state index contributed by atoms with van der Waals surface area (Å²) in [6.45, 7) is 10.2. The normalized spacial score (nSPS) is 23.6. The summed E-state index contributed by atoms with van der Waals surface area (Å²) in [5.41, 5.74) is 2.88. The van der Waals surface area contributed by atoms with Crippen LogP contribution in [-0.4, -0.2) is 19.1 Å². The van der Waals surface area contributed by atoms with Gasteiger partial charge in [-0.3, -0.25) is 0 Å². The first-order chi connectivity index (χ1) is 9.22. The molecule has 0 amide bonds. The lowest BCUT2D eigenvalue weighted by Gasteiger charge is -2.39. The molecule has 0 radical (unpaired) electrons. The molecule has 1 heterocycles. The van der Waals surface area contributed by atoms with Crippen LogP contribution in [0.15, 0.2) is 24.3 Å². The van der Waals surface area contributed by atoms with Crippen LogP contribution in [0.2, 0.25) is 0 Å². The molecule has 19 heavy (non-hydrogen) atoms. The van der Waals surface area contributed by atoms with Crippen molar-refractivity contribution in [1.29, 1.82) is 0 Å². The summed E-state index contributed by atoms with van der Waals surface area (Å²) in [7, 11) is 0. The topological polar surface area (TPSA) is 15.3 Å². The van der Waals surface area contributed by atoms with Gasteiger partial charge in [0.1, 0.15) is 0 Å². The van der Waals surface area contributed by atoms with Gasteiger partial charge in [-0.15, -0.1) is 0 Å². The predicted octanol–water partition coefficient (Wildman–Crippen LogP) is 3.81. The Morgan fingerprint density at radius 3 is 2.79 bits per heavy atom. The third-order valence-electron chi connectivity index (χ3n) is 4.16. The van der Waals surface area contributed by atoms with Crippen LogP contribution < -0.4 is 10.2 Å². The smallest absolute Gasteiger partial charge is 0.0414 e. The predicted molar refractivity (Wildman–Crippen MR) is 83.6 cm³/mol. The third kappa shape index (κ3) is 3.73. The van der Waals surface area contributed by atoms with Crippen LogP contribution in [0.1, 0.15) is 45.6 Å². The van der Waals surface area contributed by atoms with Crippen LogP contribution in [0, 0.1) is 5.92 Å².